The lowest BCUT2D eigenvalue weighted by Gasteiger charge is -2.19. The van der Waals surface area contributed by atoms with E-state index >= 15 is 0 Å². The molecule has 20 heavy (non-hydrogen) atoms. The molecule has 0 fully saturated rings. The Morgan fingerprint density at radius 2 is 2.15 bits per heavy atom. The van der Waals surface area contributed by atoms with Crippen molar-refractivity contribution < 1.29 is 22.9 Å². The molecule has 0 saturated carbocycles. The van der Waals surface area contributed by atoms with Crippen molar-refractivity contribution in [3.8, 4) is 0 Å². The van der Waals surface area contributed by atoms with Crippen LogP contribution < -0.4 is 0 Å². The largest absolute Gasteiger partial charge is 0.480 e. The van der Waals surface area contributed by atoms with Crippen LogP contribution >= 0.6 is 0 Å². The Morgan fingerprint density at radius 1 is 1.40 bits per heavy atom. The number of aromatic nitrogens is 2. The van der Waals surface area contributed by atoms with Gasteiger partial charge in [0.25, 0.3) is 0 Å². The molecule has 0 aliphatic heterocycles. The molecule has 0 saturated heterocycles. The third kappa shape index (κ3) is 2.63. The van der Waals surface area contributed by atoms with E-state index in [0.29, 0.717) is 11.9 Å². The summed E-state index contributed by atoms with van der Waals surface area (Å²) in [5, 5.41) is 16.0. The van der Waals surface area contributed by atoms with Gasteiger partial charge in [0.15, 0.2) is 5.52 Å². The maximum absolute atomic E-state index is 12.5. The first-order valence-electron chi connectivity index (χ1n) is 5.90. The Labute approximate surface area is 115 Å². The fraction of sp³-hybridized carbons (Fsp3) is 0.364. The second-order valence-corrected chi connectivity index (χ2v) is 6.03. The number of aliphatic carboxylic acids is 1. The lowest BCUT2D eigenvalue weighted by molar-refractivity contribution is -0.137. The molecule has 0 atom stereocenters. The number of carboxylic acid groups (broad SMARTS) is 1. The Bertz CT molecular complexity index is 724. The molecule has 1 heterocycles. The van der Waals surface area contributed by atoms with Crippen molar-refractivity contribution >= 4 is 27.0 Å². The van der Waals surface area contributed by atoms with Crippen LogP contribution in [0.2, 0.25) is 0 Å². The highest BCUT2D eigenvalue weighted by Gasteiger charge is 2.28. The van der Waals surface area contributed by atoms with Gasteiger partial charge in [-0.15, -0.1) is 0 Å². The van der Waals surface area contributed by atoms with Gasteiger partial charge in [-0.1, -0.05) is 13.0 Å². The quantitative estimate of drug-likeness (QED) is 0.835. The number of carbonyl (C=O) groups is 1. The molecule has 0 amide bonds. The van der Waals surface area contributed by atoms with E-state index in [1.54, 1.807) is 13.0 Å². The molecular weight excluding hydrogens is 286 g/mol. The molecule has 1 N–H and O–H groups in total. The summed E-state index contributed by atoms with van der Waals surface area (Å²) in [7, 11) is -3.96. The summed E-state index contributed by atoms with van der Waals surface area (Å²) in [6.07, 6.45) is 0.500. The van der Waals surface area contributed by atoms with Crippen molar-refractivity contribution in [2.24, 2.45) is 0 Å². The standard InChI is InChI=1S/C11H13N3O5S/c1-2-6-14(7-10(15)16)20(17,18)9-5-3-4-8-11(9)13-19-12-8/h3-5H,2,6-7H2,1H3,(H,15,16). The van der Waals surface area contributed by atoms with Crippen LogP contribution in [0.25, 0.3) is 11.0 Å². The molecule has 0 spiro atoms. The van der Waals surface area contributed by atoms with Crippen LogP contribution in [0.1, 0.15) is 13.3 Å². The van der Waals surface area contributed by atoms with Gasteiger partial charge in [0.1, 0.15) is 17.0 Å². The zero-order chi connectivity index (χ0) is 14.8. The van der Waals surface area contributed by atoms with Gasteiger partial charge in [0, 0.05) is 6.54 Å². The summed E-state index contributed by atoms with van der Waals surface area (Å²) in [5.74, 6) is -1.22. The molecule has 0 aliphatic carbocycles. The van der Waals surface area contributed by atoms with Crippen molar-refractivity contribution in [2.75, 3.05) is 13.1 Å². The zero-order valence-electron chi connectivity index (χ0n) is 10.7. The van der Waals surface area contributed by atoms with Crippen LogP contribution in [0.3, 0.4) is 0 Å². The molecule has 8 nitrogen and oxygen atoms in total. The number of benzene rings is 1. The van der Waals surface area contributed by atoms with E-state index in [-0.39, 0.29) is 17.0 Å². The highest BCUT2D eigenvalue weighted by molar-refractivity contribution is 7.89. The van der Waals surface area contributed by atoms with E-state index in [0.717, 1.165) is 4.31 Å². The molecule has 2 rings (SSSR count). The average Bonchev–Trinajstić information content (AvgIpc) is 2.85. The fourth-order valence-electron chi connectivity index (χ4n) is 1.81. The summed E-state index contributed by atoms with van der Waals surface area (Å²) in [4.78, 5) is 10.7. The number of hydrogen-bond acceptors (Lipinski definition) is 6. The van der Waals surface area contributed by atoms with Crippen molar-refractivity contribution in [3.63, 3.8) is 0 Å². The normalized spacial score (nSPS) is 12.1. The Kier molecular flexibility index (Phi) is 4.00. The summed E-state index contributed by atoms with van der Waals surface area (Å²) in [6, 6.07) is 4.42. The van der Waals surface area contributed by atoms with Gasteiger partial charge in [0.2, 0.25) is 10.0 Å². The predicted octanol–water partition coefficient (Wildman–Crippen LogP) is 0.708. The monoisotopic (exact) mass is 299 g/mol. The third-order valence-corrected chi connectivity index (χ3v) is 4.53. The Morgan fingerprint density at radius 3 is 2.80 bits per heavy atom. The van der Waals surface area contributed by atoms with Gasteiger partial charge in [-0.25, -0.2) is 13.0 Å². The second kappa shape index (κ2) is 5.55. The summed E-state index contributed by atoms with van der Waals surface area (Å²) in [5.41, 5.74) is 0.400. The van der Waals surface area contributed by atoms with Crippen LogP contribution in [0.5, 0.6) is 0 Å². The topological polar surface area (TPSA) is 114 Å². The maximum Gasteiger partial charge on any atom is 0.318 e. The molecule has 2 aromatic rings. The zero-order valence-corrected chi connectivity index (χ0v) is 11.5. The first-order valence-corrected chi connectivity index (χ1v) is 7.34. The first kappa shape index (κ1) is 14.4. The minimum Gasteiger partial charge on any atom is -0.480 e. The van der Waals surface area contributed by atoms with Crippen LogP contribution in [0, 0.1) is 0 Å². The van der Waals surface area contributed by atoms with Crippen LogP contribution in [0.15, 0.2) is 27.7 Å². The van der Waals surface area contributed by atoms with Gasteiger partial charge in [-0.2, -0.15) is 4.31 Å². The number of fused-ring (bicyclic) bond motifs is 1. The summed E-state index contributed by atoms with van der Waals surface area (Å²) >= 11 is 0. The first-order chi connectivity index (χ1) is 9.46. The average molecular weight is 299 g/mol. The van der Waals surface area contributed by atoms with E-state index in [1.807, 2.05) is 0 Å². The SMILES string of the molecule is CCCN(CC(=O)O)S(=O)(=O)c1cccc2nonc12. The Balaban J connectivity index is 2.51. The Hall–Kier alpha value is -2.00. The van der Waals surface area contributed by atoms with Crippen molar-refractivity contribution in [1.82, 2.24) is 14.6 Å². The molecule has 0 unspecified atom stereocenters. The number of rotatable bonds is 6. The van der Waals surface area contributed by atoms with Crippen LogP contribution in [-0.4, -0.2) is 47.2 Å². The van der Waals surface area contributed by atoms with Gasteiger partial charge >= 0.3 is 5.97 Å². The minimum absolute atomic E-state index is 0.0963. The highest BCUT2D eigenvalue weighted by Crippen LogP contribution is 2.23. The van der Waals surface area contributed by atoms with Gasteiger partial charge in [-0.05, 0) is 28.9 Å². The van der Waals surface area contributed by atoms with Crippen LogP contribution in [0.4, 0.5) is 0 Å². The highest BCUT2D eigenvalue weighted by atomic mass is 32.2. The smallest absolute Gasteiger partial charge is 0.318 e. The van der Waals surface area contributed by atoms with E-state index in [4.69, 9.17) is 5.11 Å². The van der Waals surface area contributed by atoms with E-state index in [1.165, 1.54) is 12.1 Å². The molecular formula is C11H13N3O5S. The molecule has 1 aromatic carbocycles. The third-order valence-electron chi connectivity index (χ3n) is 2.65. The van der Waals surface area contributed by atoms with Crippen molar-refractivity contribution in [1.29, 1.82) is 0 Å². The van der Waals surface area contributed by atoms with Crippen molar-refractivity contribution in [2.45, 2.75) is 18.2 Å². The second-order valence-electron chi connectivity index (χ2n) is 4.12. The van der Waals surface area contributed by atoms with E-state index in [2.05, 4.69) is 14.9 Å². The molecule has 0 aliphatic rings. The van der Waals surface area contributed by atoms with Gasteiger partial charge in [0.05, 0.1) is 0 Å². The fourth-order valence-corrected chi connectivity index (χ4v) is 3.43. The minimum atomic E-state index is -3.96. The molecule has 0 bridgehead atoms. The number of hydrogen-bond donors (Lipinski definition) is 1. The lowest BCUT2D eigenvalue weighted by atomic mass is 10.3. The van der Waals surface area contributed by atoms with Gasteiger partial charge < -0.3 is 5.11 Å². The number of carboxylic acids is 1. The van der Waals surface area contributed by atoms with E-state index < -0.39 is 22.5 Å². The number of sulfonamides is 1. The molecule has 0 radical (unpaired) electrons. The molecule has 108 valence electrons. The maximum atomic E-state index is 12.5. The summed E-state index contributed by atoms with van der Waals surface area (Å²) < 4.78 is 30.5. The summed E-state index contributed by atoms with van der Waals surface area (Å²) in [6.45, 7) is 1.27. The van der Waals surface area contributed by atoms with Crippen LogP contribution in [-0.2, 0) is 14.8 Å². The predicted molar refractivity (Wildman–Crippen MR) is 68.5 cm³/mol. The van der Waals surface area contributed by atoms with Gasteiger partial charge in [-0.3, -0.25) is 4.79 Å². The molecule has 1 aromatic heterocycles. The van der Waals surface area contributed by atoms with E-state index in [9.17, 15) is 13.2 Å². The molecule has 9 heteroatoms. The lowest BCUT2D eigenvalue weighted by Crippen LogP contribution is -2.36. The number of nitrogens with zero attached hydrogens (tertiary/aromatic N) is 3. The van der Waals surface area contributed by atoms with Crippen molar-refractivity contribution in [3.05, 3.63) is 18.2 Å².